The summed E-state index contributed by atoms with van der Waals surface area (Å²) in [6.45, 7) is 7.56. The van der Waals surface area contributed by atoms with E-state index >= 15 is 0 Å². The largest absolute Gasteiger partial charge is 0.320 e. The van der Waals surface area contributed by atoms with Gasteiger partial charge in [-0.2, -0.15) is 17.5 Å². The van der Waals surface area contributed by atoms with Gasteiger partial charge in [-0.3, -0.25) is 0 Å². The molecule has 0 amide bonds. The van der Waals surface area contributed by atoms with Gasteiger partial charge in [-0.1, -0.05) is 35.9 Å². The van der Waals surface area contributed by atoms with Gasteiger partial charge >= 0.3 is 10.2 Å². The molecule has 1 N–H and O–H groups in total. The van der Waals surface area contributed by atoms with Crippen molar-refractivity contribution >= 4 is 15.9 Å². The van der Waals surface area contributed by atoms with Gasteiger partial charge < -0.3 is 0 Å². The third-order valence-electron chi connectivity index (χ3n) is 2.79. The fourth-order valence-electron chi connectivity index (χ4n) is 2.27. The van der Waals surface area contributed by atoms with Gasteiger partial charge in [0.2, 0.25) is 0 Å². The average Bonchev–Trinajstić information content (AvgIpc) is 2.48. The van der Waals surface area contributed by atoms with Crippen LogP contribution >= 0.6 is 0 Å². The van der Waals surface area contributed by atoms with E-state index in [1.165, 1.54) is 0 Å². The Bertz CT molecular complexity index is 605. The molecule has 4 nitrogen and oxygen atoms in total. The lowest BCUT2D eigenvalue weighted by Gasteiger charge is -2.25. The van der Waals surface area contributed by atoms with E-state index in [2.05, 4.69) is 15.7 Å². The molecule has 0 radical (unpaired) electrons. The minimum atomic E-state index is -3.60. The lowest BCUT2D eigenvalue weighted by molar-refractivity contribution is 0.535. The molecule has 1 heterocycles. The molecule has 2 rings (SSSR count). The number of nitrogens with zero attached hydrogens (tertiary/aromatic N) is 1. The van der Waals surface area contributed by atoms with Crippen molar-refractivity contribution in [2.75, 3.05) is 0 Å². The first-order valence-corrected chi connectivity index (χ1v) is 7.11. The van der Waals surface area contributed by atoms with Gasteiger partial charge in [-0.15, -0.1) is 6.58 Å². The quantitative estimate of drug-likeness (QED) is 0.849. The molecule has 0 unspecified atom stereocenters. The van der Waals surface area contributed by atoms with Crippen molar-refractivity contribution < 1.29 is 8.42 Å². The van der Waals surface area contributed by atoms with E-state index in [0.717, 1.165) is 11.1 Å². The maximum Gasteiger partial charge on any atom is 0.320 e. The van der Waals surface area contributed by atoms with Crippen molar-refractivity contribution in [2.45, 2.75) is 25.8 Å². The summed E-state index contributed by atoms with van der Waals surface area (Å²) in [5, 5.41) is 0. The molecule has 1 aromatic carbocycles. The fraction of sp³-hybridized carbons (Fsp3) is 0.308. The van der Waals surface area contributed by atoms with Crippen LogP contribution in [-0.4, -0.2) is 19.7 Å². The Labute approximate surface area is 108 Å². The van der Waals surface area contributed by atoms with Gasteiger partial charge in [-0.25, -0.2) is 0 Å². The van der Waals surface area contributed by atoms with Crippen LogP contribution in [0.4, 0.5) is 0 Å². The average molecular weight is 264 g/mol. The highest BCUT2D eigenvalue weighted by Gasteiger charge is 2.41. The Morgan fingerprint density at radius 3 is 2.56 bits per heavy atom. The highest BCUT2D eigenvalue weighted by atomic mass is 32.2. The summed E-state index contributed by atoms with van der Waals surface area (Å²) >= 11 is 0. The molecule has 1 aliphatic rings. The SMILES string of the molecule is C=C(C)C[C@]1(C)NS(=O)(=O)N=C1c1ccccc1. The Hall–Kier alpha value is -1.46. The van der Waals surface area contributed by atoms with Crippen molar-refractivity contribution in [3.8, 4) is 0 Å². The van der Waals surface area contributed by atoms with Crippen LogP contribution in [0.15, 0.2) is 46.9 Å². The molecule has 0 saturated heterocycles. The second-order valence-corrected chi connectivity index (χ2v) is 6.19. The second kappa shape index (κ2) is 4.33. The molecule has 0 aromatic heterocycles. The summed E-state index contributed by atoms with van der Waals surface area (Å²) in [6, 6.07) is 9.33. The molecule has 1 atom stereocenters. The first-order valence-electron chi connectivity index (χ1n) is 5.66. The zero-order chi connectivity index (χ0) is 13.4. The molecule has 1 aromatic rings. The van der Waals surface area contributed by atoms with E-state index in [0.29, 0.717) is 12.1 Å². The van der Waals surface area contributed by atoms with Crippen LogP contribution in [0.1, 0.15) is 25.8 Å². The zero-order valence-electron chi connectivity index (χ0n) is 10.5. The van der Waals surface area contributed by atoms with Gasteiger partial charge in [0.25, 0.3) is 0 Å². The molecule has 96 valence electrons. The van der Waals surface area contributed by atoms with Crippen LogP contribution in [0.25, 0.3) is 0 Å². The van der Waals surface area contributed by atoms with Crippen molar-refractivity contribution in [3.63, 3.8) is 0 Å². The summed E-state index contributed by atoms with van der Waals surface area (Å²) < 4.78 is 29.8. The highest BCUT2D eigenvalue weighted by Crippen LogP contribution is 2.28. The van der Waals surface area contributed by atoms with Crippen molar-refractivity contribution in [2.24, 2.45) is 4.40 Å². The van der Waals surface area contributed by atoms with Gasteiger partial charge in [0.1, 0.15) is 0 Å². The van der Waals surface area contributed by atoms with Crippen LogP contribution in [0.2, 0.25) is 0 Å². The van der Waals surface area contributed by atoms with E-state index in [-0.39, 0.29) is 0 Å². The lowest BCUT2D eigenvalue weighted by atomic mass is 9.86. The van der Waals surface area contributed by atoms with Crippen molar-refractivity contribution in [1.29, 1.82) is 0 Å². The topological polar surface area (TPSA) is 58.5 Å². The number of rotatable bonds is 3. The highest BCUT2D eigenvalue weighted by molar-refractivity contribution is 7.88. The number of nitrogens with one attached hydrogen (secondary N) is 1. The van der Waals surface area contributed by atoms with E-state index in [4.69, 9.17) is 0 Å². The van der Waals surface area contributed by atoms with Gasteiger partial charge in [0, 0.05) is 0 Å². The summed E-state index contributed by atoms with van der Waals surface area (Å²) in [6.07, 6.45) is 0.528. The summed E-state index contributed by atoms with van der Waals surface area (Å²) in [5.41, 5.74) is 1.55. The fourth-order valence-corrected chi connectivity index (χ4v) is 3.60. The molecular weight excluding hydrogens is 248 g/mol. The molecule has 0 bridgehead atoms. The summed E-state index contributed by atoms with van der Waals surface area (Å²) in [4.78, 5) is 0. The first kappa shape index (κ1) is 13.0. The van der Waals surface area contributed by atoms with Gasteiger partial charge in [-0.05, 0) is 25.8 Å². The molecule has 5 heteroatoms. The number of hydrogen-bond donors (Lipinski definition) is 1. The lowest BCUT2D eigenvalue weighted by Crippen LogP contribution is -2.46. The Morgan fingerprint density at radius 1 is 1.39 bits per heavy atom. The van der Waals surface area contributed by atoms with E-state index in [9.17, 15) is 8.42 Å². The van der Waals surface area contributed by atoms with Gasteiger partial charge in [0.15, 0.2) is 0 Å². The monoisotopic (exact) mass is 264 g/mol. The van der Waals surface area contributed by atoms with Crippen molar-refractivity contribution in [1.82, 2.24) is 4.72 Å². The molecule has 0 spiro atoms. The van der Waals surface area contributed by atoms with E-state index in [1.807, 2.05) is 44.2 Å². The van der Waals surface area contributed by atoms with Crippen molar-refractivity contribution in [3.05, 3.63) is 48.0 Å². The van der Waals surface area contributed by atoms with Crippen LogP contribution in [-0.2, 0) is 10.2 Å². The van der Waals surface area contributed by atoms with Crippen LogP contribution in [0.3, 0.4) is 0 Å². The molecule has 0 aliphatic carbocycles. The molecule has 18 heavy (non-hydrogen) atoms. The molecule has 1 aliphatic heterocycles. The predicted octanol–water partition coefficient (Wildman–Crippen LogP) is 2.05. The van der Waals surface area contributed by atoms with Crippen LogP contribution in [0.5, 0.6) is 0 Å². The third-order valence-corrected chi connectivity index (χ3v) is 3.92. The number of hydrogen-bond acceptors (Lipinski definition) is 2. The molecular formula is C13H16N2O2S. The van der Waals surface area contributed by atoms with Crippen LogP contribution < -0.4 is 4.72 Å². The second-order valence-electron chi connectivity index (χ2n) is 4.85. The van der Waals surface area contributed by atoms with E-state index < -0.39 is 15.7 Å². The Balaban J connectivity index is 2.51. The van der Waals surface area contributed by atoms with Crippen LogP contribution in [0, 0.1) is 0 Å². The molecule has 0 fully saturated rings. The minimum absolute atomic E-state index is 0.528. The summed E-state index contributed by atoms with van der Waals surface area (Å²) in [7, 11) is -3.60. The van der Waals surface area contributed by atoms with E-state index in [1.54, 1.807) is 0 Å². The Kier molecular flexibility index (Phi) is 3.12. The molecule has 0 saturated carbocycles. The first-order chi connectivity index (χ1) is 8.32. The normalized spacial score (nSPS) is 25.8. The standard InChI is InChI=1S/C13H16N2O2S/c1-10(2)9-13(3)12(14-18(16,17)15-13)11-7-5-4-6-8-11/h4-8,15H,1,9H2,2-3H3/t13-/m0/s1. The Morgan fingerprint density at radius 2 is 2.00 bits per heavy atom. The maximum absolute atomic E-state index is 11.7. The maximum atomic E-state index is 11.7. The third kappa shape index (κ3) is 2.52. The predicted molar refractivity (Wildman–Crippen MR) is 72.9 cm³/mol. The minimum Gasteiger partial charge on any atom is -0.187 e. The summed E-state index contributed by atoms with van der Waals surface area (Å²) in [5.74, 6) is 0. The number of benzene rings is 1. The zero-order valence-corrected chi connectivity index (χ0v) is 11.3. The smallest absolute Gasteiger partial charge is 0.187 e. The van der Waals surface area contributed by atoms with Gasteiger partial charge in [0.05, 0.1) is 11.3 Å².